The zero-order valence-corrected chi connectivity index (χ0v) is 29.6. The predicted octanol–water partition coefficient (Wildman–Crippen LogP) is 3.13. The average Bonchev–Trinajstić information content (AvgIpc) is 3.82. The second-order valence-electron chi connectivity index (χ2n) is 12.0. The molecule has 0 spiro atoms. The van der Waals surface area contributed by atoms with E-state index in [-0.39, 0.29) is 38.5 Å². The van der Waals surface area contributed by atoms with Crippen LogP contribution < -0.4 is 26.6 Å². The van der Waals surface area contributed by atoms with E-state index in [0.717, 1.165) is 9.35 Å². The van der Waals surface area contributed by atoms with Gasteiger partial charge in [0.2, 0.25) is 29.5 Å². The average molecular weight is 779 g/mol. The number of carbonyl (C=O) groups is 6. The first-order chi connectivity index (χ1) is 24.5. The Labute approximate surface area is 305 Å². The lowest BCUT2D eigenvalue weighted by atomic mass is 10.0. The van der Waals surface area contributed by atoms with E-state index in [0.29, 0.717) is 22.6 Å². The first-order valence-corrected chi connectivity index (χ1v) is 17.8. The number of thiophene rings is 1. The molecule has 15 heteroatoms. The van der Waals surface area contributed by atoms with Gasteiger partial charge in [0.15, 0.2) is 0 Å². The highest BCUT2D eigenvalue weighted by molar-refractivity contribution is 9.10. The number of halogens is 1. The summed E-state index contributed by atoms with van der Waals surface area (Å²) in [6, 6.07) is 15.4. The number of nitrogens with one attached hydrogen (secondary N) is 5. The topological polar surface area (TPSA) is 196 Å². The number of anilines is 1. The van der Waals surface area contributed by atoms with Crippen molar-refractivity contribution in [2.75, 3.05) is 5.32 Å². The van der Waals surface area contributed by atoms with Crippen LogP contribution in [0.1, 0.15) is 34.6 Å². The van der Waals surface area contributed by atoms with E-state index < -0.39 is 59.7 Å². The zero-order chi connectivity index (χ0) is 36.3. The minimum Gasteiger partial charge on any atom is -0.480 e. The summed E-state index contributed by atoms with van der Waals surface area (Å²) in [6.07, 6.45) is 0.983. The van der Waals surface area contributed by atoms with Crippen LogP contribution in [0.5, 0.6) is 0 Å². The van der Waals surface area contributed by atoms with Crippen LogP contribution in [0.15, 0.2) is 93.3 Å². The first-order valence-electron chi connectivity index (χ1n) is 16.1. The Morgan fingerprint density at radius 3 is 2.02 bits per heavy atom. The van der Waals surface area contributed by atoms with Gasteiger partial charge in [0.1, 0.15) is 29.9 Å². The molecule has 2 aromatic carbocycles. The summed E-state index contributed by atoms with van der Waals surface area (Å²) in [6.45, 7) is 0. The lowest BCUT2D eigenvalue weighted by Crippen LogP contribution is -2.59. The lowest BCUT2D eigenvalue weighted by Gasteiger charge is -2.26. The van der Waals surface area contributed by atoms with Crippen molar-refractivity contribution in [1.82, 2.24) is 21.3 Å². The maximum Gasteiger partial charge on any atom is 0.326 e. The van der Waals surface area contributed by atoms with E-state index in [1.54, 1.807) is 60.7 Å². The SMILES string of the molecule is O=C1CCC(=O)N[C@H](Cc2cccs2)C(=O)N[C@@H](Cc2ccc(Br)cc2)C(=O)N[C@H](Cc2ccco2)C(=O)N[C@@H](C(=O)O)Cc2ccc(cc2)N1. The first kappa shape index (κ1) is 37.0. The molecule has 13 nitrogen and oxygen atoms in total. The van der Waals surface area contributed by atoms with Gasteiger partial charge in [0.05, 0.1) is 6.26 Å². The van der Waals surface area contributed by atoms with Gasteiger partial charge in [-0.25, -0.2) is 4.79 Å². The van der Waals surface area contributed by atoms with E-state index in [9.17, 15) is 33.9 Å². The van der Waals surface area contributed by atoms with Crippen molar-refractivity contribution in [3.63, 3.8) is 0 Å². The quantitative estimate of drug-likeness (QED) is 0.154. The minimum absolute atomic E-state index is 0.0212. The van der Waals surface area contributed by atoms with Crippen molar-refractivity contribution in [2.24, 2.45) is 0 Å². The van der Waals surface area contributed by atoms with Gasteiger partial charge in [-0.05, 0) is 59.0 Å². The van der Waals surface area contributed by atoms with E-state index in [4.69, 9.17) is 4.42 Å². The molecule has 6 rings (SSSR count). The number of aliphatic carboxylic acids is 1. The fraction of sp³-hybridized carbons (Fsp3) is 0.278. The van der Waals surface area contributed by atoms with Gasteiger partial charge >= 0.3 is 5.97 Å². The largest absolute Gasteiger partial charge is 0.480 e. The molecule has 4 heterocycles. The Balaban J connectivity index is 1.49. The molecule has 2 aliphatic rings. The highest BCUT2D eigenvalue weighted by Gasteiger charge is 2.32. The van der Waals surface area contributed by atoms with Gasteiger partial charge in [-0.2, -0.15) is 0 Å². The number of carbonyl (C=O) groups excluding carboxylic acids is 5. The highest BCUT2D eigenvalue weighted by Crippen LogP contribution is 2.16. The summed E-state index contributed by atoms with van der Waals surface area (Å²) in [7, 11) is 0. The Kier molecular flexibility index (Phi) is 12.8. The second-order valence-corrected chi connectivity index (χ2v) is 13.9. The molecule has 6 N–H and O–H groups in total. The zero-order valence-electron chi connectivity index (χ0n) is 27.2. The van der Waals surface area contributed by atoms with E-state index in [1.807, 2.05) is 17.5 Å². The molecule has 5 amide bonds. The highest BCUT2D eigenvalue weighted by atomic mass is 79.9. The molecular weight excluding hydrogens is 742 g/mol. The normalized spacial score (nSPS) is 21.0. The Bertz CT molecular complexity index is 1830. The monoisotopic (exact) mass is 777 g/mol. The lowest BCUT2D eigenvalue weighted by molar-refractivity contribution is -0.142. The molecule has 0 saturated heterocycles. The number of carboxylic acid groups (broad SMARTS) is 1. The molecular formula is C36H36BrN5O8S. The number of hydrogen-bond donors (Lipinski definition) is 6. The molecule has 0 fully saturated rings. The third-order valence-electron chi connectivity index (χ3n) is 8.11. The summed E-state index contributed by atoms with van der Waals surface area (Å²) in [5.74, 6) is -4.06. The minimum atomic E-state index is -1.36. The Morgan fingerprint density at radius 1 is 0.745 bits per heavy atom. The van der Waals surface area contributed by atoms with E-state index >= 15 is 0 Å². The maximum absolute atomic E-state index is 14.1. The van der Waals surface area contributed by atoms with Crippen LogP contribution in [0.25, 0.3) is 0 Å². The van der Waals surface area contributed by atoms with Gasteiger partial charge in [-0.3, -0.25) is 24.0 Å². The number of fused-ring (bicyclic) bond motifs is 18. The number of amides is 5. The summed E-state index contributed by atoms with van der Waals surface area (Å²) in [5.41, 5.74) is 1.68. The molecule has 4 atom stereocenters. The summed E-state index contributed by atoms with van der Waals surface area (Å²) < 4.78 is 6.25. The number of carboxylic acids is 1. The van der Waals surface area contributed by atoms with Crippen molar-refractivity contribution in [3.8, 4) is 0 Å². The van der Waals surface area contributed by atoms with Crippen LogP contribution in [-0.4, -0.2) is 64.8 Å². The van der Waals surface area contributed by atoms with Gasteiger partial charge in [-0.15, -0.1) is 11.3 Å². The Morgan fingerprint density at radius 2 is 1.39 bits per heavy atom. The number of hydrogen-bond acceptors (Lipinski definition) is 8. The molecule has 0 saturated carbocycles. The fourth-order valence-electron chi connectivity index (χ4n) is 5.44. The third-order valence-corrected chi connectivity index (χ3v) is 9.54. The summed E-state index contributed by atoms with van der Waals surface area (Å²) in [5, 5.41) is 25.3. The summed E-state index contributed by atoms with van der Waals surface area (Å²) >= 11 is 4.79. The van der Waals surface area contributed by atoms with Crippen LogP contribution in [0.2, 0.25) is 0 Å². The molecule has 0 unspecified atom stereocenters. The molecule has 4 aromatic rings. The van der Waals surface area contributed by atoms with Gasteiger partial charge < -0.3 is 36.1 Å². The van der Waals surface area contributed by atoms with Crippen LogP contribution in [0.4, 0.5) is 5.69 Å². The molecule has 2 bridgehead atoms. The van der Waals surface area contributed by atoms with Crippen LogP contribution >= 0.6 is 27.3 Å². The standard InChI is InChI=1S/C36H36BrN5O8S/c37-23-9-5-21(6-10-23)17-27-33(45)41-28(19-25-3-1-15-50-25)34(46)42-30(36(48)49)18-22-7-11-24(12-8-22)38-31(43)13-14-32(44)39-29(35(47)40-27)20-26-4-2-16-51-26/h1-12,15-16,27-30H,13-14,17-20H2,(H,38,43)(H,39,44)(H,40,47)(H,41,45)(H,42,46)(H,48,49)/t27-,28+,29+,30+/m0/s1. The third kappa shape index (κ3) is 11.1. The van der Waals surface area contributed by atoms with Crippen LogP contribution in [0, 0.1) is 0 Å². The second kappa shape index (κ2) is 17.6. The fourth-order valence-corrected chi connectivity index (χ4v) is 6.45. The van der Waals surface area contributed by atoms with E-state index in [2.05, 4.69) is 42.5 Å². The van der Waals surface area contributed by atoms with E-state index in [1.165, 1.54) is 17.6 Å². The molecule has 2 aromatic heterocycles. The van der Waals surface area contributed by atoms with Crippen molar-refractivity contribution < 1.29 is 38.3 Å². The van der Waals surface area contributed by atoms with Crippen LogP contribution in [-0.2, 0) is 54.5 Å². The van der Waals surface area contributed by atoms with Crippen molar-refractivity contribution in [2.45, 2.75) is 62.7 Å². The van der Waals surface area contributed by atoms with Crippen molar-refractivity contribution in [1.29, 1.82) is 0 Å². The van der Waals surface area contributed by atoms with Gasteiger partial charge in [0.25, 0.3) is 0 Å². The maximum atomic E-state index is 14.1. The number of furan rings is 1. The molecule has 0 radical (unpaired) electrons. The molecule has 0 aliphatic carbocycles. The van der Waals surface area contributed by atoms with Crippen molar-refractivity contribution in [3.05, 3.63) is 111 Å². The molecule has 2 aliphatic heterocycles. The van der Waals surface area contributed by atoms with Gasteiger partial charge in [-0.1, -0.05) is 46.3 Å². The van der Waals surface area contributed by atoms with Crippen molar-refractivity contribution >= 4 is 68.5 Å². The molecule has 51 heavy (non-hydrogen) atoms. The predicted molar refractivity (Wildman–Crippen MR) is 192 cm³/mol. The Hall–Kier alpha value is -5.28. The summed E-state index contributed by atoms with van der Waals surface area (Å²) in [4.78, 5) is 80.5. The number of rotatable bonds is 7. The number of benzene rings is 2. The van der Waals surface area contributed by atoms with Crippen LogP contribution in [0.3, 0.4) is 0 Å². The smallest absolute Gasteiger partial charge is 0.326 e. The molecule has 266 valence electrons. The van der Waals surface area contributed by atoms with Gasteiger partial charge in [0, 0.05) is 53.6 Å².